The Bertz CT molecular complexity index is 1080. The number of nitrogens with zero attached hydrogens (tertiary/aromatic N) is 2. The fourth-order valence-corrected chi connectivity index (χ4v) is 6.02. The second-order valence-electron chi connectivity index (χ2n) is 8.17. The summed E-state index contributed by atoms with van der Waals surface area (Å²) in [6.07, 6.45) is 2.47. The molecular weight excluding hydrogens is 458 g/mol. The molecular formula is C24H31N3O4S2. The van der Waals surface area contributed by atoms with Gasteiger partial charge in [-0.1, -0.05) is 30.3 Å². The number of nitrogens with one attached hydrogen (secondary N) is 1. The van der Waals surface area contributed by atoms with Crippen molar-refractivity contribution >= 4 is 33.6 Å². The Kier molecular flexibility index (Phi) is 8.56. The van der Waals surface area contributed by atoms with Gasteiger partial charge in [0.15, 0.2) is 0 Å². The van der Waals surface area contributed by atoms with Crippen LogP contribution < -0.4 is 5.32 Å². The standard InChI is InChI=1S/C24H31N3O4S2/c1-18-9-10-19(2)22(17-18)33(30,31)27-14-12-26(13-15-27)24(29)21(11-16-32-3)25-23(28)20-7-5-4-6-8-20/h4-10,17,21H,11-16H2,1-3H3,(H,25,28)/t21-/m0/s1. The highest BCUT2D eigenvalue weighted by Crippen LogP contribution is 2.23. The van der Waals surface area contributed by atoms with Crippen LogP contribution in [0.4, 0.5) is 0 Å². The van der Waals surface area contributed by atoms with Crippen LogP contribution in [-0.2, 0) is 14.8 Å². The zero-order valence-corrected chi connectivity index (χ0v) is 20.9. The molecule has 1 saturated heterocycles. The first-order valence-corrected chi connectivity index (χ1v) is 13.8. The van der Waals surface area contributed by atoms with Crippen molar-refractivity contribution < 1.29 is 18.0 Å². The first-order chi connectivity index (χ1) is 15.7. The van der Waals surface area contributed by atoms with Gasteiger partial charge in [-0.2, -0.15) is 16.1 Å². The molecule has 178 valence electrons. The van der Waals surface area contributed by atoms with Crippen LogP contribution >= 0.6 is 11.8 Å². The van der Waals surface area contributed by atoms with Crippen LogP contribution in [-0.4, -0.2) is 73.7 Å². The molecule has 0 saturated carbocycles. The van der Waals surface area contributed by atoms with Gasteiger partial charge in [0.25, 0.3) is 5.91 Å². The van der Waals surface area contributed by atoms with Crippen LogP contribution in [0.1, 0.15) is 27.9 Å². The monoisotopic (exact) mass is 489 g/mol. The topological polar surface area (TPSA) is 86.8 Å². The van der Waals surface area contributed by atoms with E-state index in [4.69, 9.17) is 0 Å². The molecule has 1 atom stereocenters. The lowest BCUT2D eigenvalue weighted by Gasteiger charge is -2.36. The number of aryl methyl sites for hydroxylation is 2. The molecule has 0 radical (unpaired) electrons. The number of thioether (sulfide) groups is 1. The highest BCUT2D eigenvalue weighted by molar-refractivity contribution is 7.98. The summed E-state index contributed by atoms with van der Waals surface area (Å²) in [6.45, 7) is 4.69. The molecule has 1 N–H and O–H groups in total. The van der Waals surface area contributed by atoms with Crippen LogP contribution in [0.5, 0.6) is 0 Å². The van der Waals surface area contributed by atoms with E-state index in [0.29, 0.717) is 35.5 Å². The minimum atomic E-state index is -3.63. The number of hydrogen-bond donors (Lipinski definition) is 1. The summed E-state index contributed by atoms with van der Waals surface area (Å²) in [5, 5.41) is 2.87. The SMILES string of the molecule is CSCC[C@H](NC(=O)c1ccccc1)C(=O)N1CCN(S(=O)(=O)c2cc(C)ccc2C)CC1. The Labute approximate surface area is 200 Å². The fraction of sp³-hybridized carbons (Fsp3) is 0.417. The average Bonchev–Trinajstić information content (AvgIpc) is 2.83. The van der Waals surface area contributed by atoms with E-state index in [2.05, 4.69) is 5.32 Å². The molecule has 0 bridgehead atoms. The highest BCUT2D eigenvalue weighted by atomic mass is 32.2. The molecule has 1 aliphatic heterocycles. The van der Waals surface area contributed by atoms with Gasteiger partial charge in [-0.3, -0.25) is 9.59 Å². The molecule has 2 amide bonds. The van der Waals surface area contributed by atoms with Crippen molar-refractivity contribution in [3.63, 3.8) is 0 Å². The molecule has 1 heterocycles. The summed E-state index contributed by atoms with van der Waals surface area (Å²) in [7, 11) is -3.63. The van der Waals surface area contributed by atoms with E-state index in [1.807, 2.05) is 31.4 Å². The van der Waals surface area contributed by atoms with E-state index in [1.54, 1.807) is 53.9 Å². The lowest BCUT2D eigenvalue weighted by atomic mass is 10.1. The maximum Gasteiger partial charge on any atom is 0.251 e. The maximum atomic E-state index is 13.2. The highest BCUT2D eigenvalue weighted by Gasteiger charge is 2.33. The summed E-state index contributed by atoms with van der Waals surface area (Å²) < 4.78 is 27.8. The van der Waals surface area contributed by atoms with Crippen LogP contribution in [0.2, 0.25) is 0 Å². The van der Waals surface area contributed by atoms with Crippen molar-refractivity contribution in [2.75, 3.05) is 38.2 Å². The quantitative estimate of drug-likeness (QED) is 0.616. The largest absolute Gasteiger partial charge is 0.340 e. The Hall–Kier alpha value is -2.36. The molecule has 0 aliphatic carbocycles. The Morgan fingerprint density at radius 3 is 2.33 bits per heavy atom. The number of sulfonamides is 1. The van der Waals surface area contributed by atoms with Crippen molar-refractivity contribution in [1.82, 2.24) is 14.5 Å². The predicted molar refractivity (Wildman–Crippen MR) is 132 cm³/mol. The molecule has 9 heteroatoms. The van der Waals surface area contributed by atoms with Gasteiger partial charge in [-0.25, -0.2) is 8.42 Å². The molecule has 0 unspecified atom stereocenters. The van der Waals surface area contributed by atoms with E-state index >= 15 is 0 Å². The predicted octanol–water partition coefficient (Wildman–Crippen LogP) is 2.69. The van der Waals surface area contributed by atoms with Gasteiger partial charge in [0, 0.05) is 31.7 Å². The summed E-state index contributed by atoms with van der Waals surface area (Å²) in [5.41, 5.74) is 2.10. The molecule has 7 nitrogen and oxygen atoms in total. The minimum absolute atomic E-state index is 0.169. The molecule has 1 aliphatic rings. The van der Waals surface area contributed by atoms with E-state index in [1.165, 1.54) is 4.31 Å². The van der Waals surface area contributed by atoms with E-state index < -0.39 is 16.1 Å². The number of benzene rings is 2. The third-order valence-corrected chi connectivity index (χ3v) is 8.45. The molecule has 0 aromatic heterocycles. The summed E-state index contributed by atoms with van der Waals surface area (Å²) in [5.74, 6) is 0.273. The van der Waals surface area contributed by atoms with Gasteiger partial charge in [0.2, 0.25) is 15.9 Å². The van der Waals surface area contributed by atoms with Gasteiger partial charge < -0.3 is 10.2 Å². The molecule has 0 spiro atoms. The number of rotatable bonds is 8. The number of carbonyl (C=O) groups excluding carboxylic acids is 2. The smallest absolute Gasteiger partial charge is 0.251 e. The lowest BCUT2D eigenvalue weighted by Crippen LogP contribution is -2.56. The number of amides is 2. The van der Waals surface area contributed by atoms with Crippen LogP contribution in [0.25, 0.3) is 0 Å². The summed E-state index contributed by atoms with van der Waals surface area (Å²) in [6, 6.07) is 13.6. The Morgan fingerprint density at radius 1 is 1.03 bits per heavy atom. The minimum Gasteiger partial charge on any atom is -0.340 e. The first kappa shape index (κ1) is 25.3. The van der Waals surface area contributed by atoms with Gasteiger partial charge in [-0.15, -0.1) is 0 Å². The molecule has 33 heavy (non-hydrogen) atoms. The Balaban J connectivity index is 1.67. The van der Waals surface area contributed by atoms with Gasteiger partial charge in [0.1, 0.15) is 6.04 Å². The van der Waals surface area contributed by atoms with Crippen molar-refractivity contribution in [2.45, 2.75) is 31.2 Å². The lowest BCUT2D eigenvalue weighted by molar-refractivity contribution is -0.134. The normalized spacial score (nSPS) is 15.8. The van der Waals surface area contributed by atoms with E-state index in [0.717, 1.165) is 11.3 Å². The second kappa shape index (κ2) is 11.2. The van der Waals surface area contributed by atoms with Crippen LogP contribution in [0.15, 0.2) is 53.4 Å². The van der Waals surface area contributed by atoms with E-state index in [9.17, 15) is 18.0 Å². The molecule has 2 aromatic rings. The summed E-state index contributed by atoms with van der Waals surface area (Å²) in [4.78, 5) is 27.8. The van der Waals surface area contributed by atoms with Crippen molar-refractivity contribution in [2.24, 2.45) is 0 Å². The third kappa shape index (κ3) is 6.16. The molecule has 2 aromatic carbocycles. The maximum absolute atomic E-state index is 13.2. The fourth-order valence-electron chi connectivity index (χ4n) is 3.82. The second-order valence-corrected chi connectivity index (χ2v) is 11.1. The summed E-state index contributed by atoms with van der Waals surface area (Å²) >= 11 is 1.61. The van der Waals surface area contributed by atoms with Gasteiger partial charge >= 0.3 is 0 Å². The third-order valence-electron chi connectivity index (χ3n) is 5.76. The first-order valence-electron chi connectivity index (χ1n) is 10.9. The number of hydrogen-bond acceptors (Lipinski definition) is 5. The van der Waals surface area contributed by atoms with Crippen molar-refractivity contribution in [3.8, 4) is 0 Å². The van der Waals surface area contributed by atoms with Crippen molar-refractivity contribution in [3.05, 3.63) is 65.2 Å². The molecule has 1 fully saturated rings. The number of carbonyl (C=O) groups is 2. The van der Waals surface area contributed by atoms with Gasteiger partial charge in [-0.05, 0) is 61.6 Å². The van der Waals surface area contributed by atoms with Gasteiger partial charge in [0.05, 0.1) is 4.90 Å². The average molecular weight is 490 g/mol. The van der Waals surface area contributed by atoms with Crippen LogP contribution in [0.3, 0.4) is 0 Å². The van der Waals surface area contributed by atoms with Crippen LogP contribution in [0, 0.1) is 13.8 Å². The molecule has 3 rings (SSSR count). The number of piperazine rings is 1. The Morgan fingerprint density at radius 2 is 1.70 bits per heavy atom. The van der Waals surface area contributed by atoms with Crippen molar-refractivity contribution in [1.29, 1.82) is 0 Å². The van der Waals surface area contributed by atoms with E-state index in [-0.39, 0.29) is 24.9 Å². The zero-order valence-electron chi connectivity index (χ0n) is 19.3. The zero-order chi connectivity index (χ0) is 24.0.